The van der Waals surface area contributed by atoms with Gasteiger partial charge in [0.2, 0.25) is 0 Å². The van der Waals surface area contributed by atoms with Crippen LogP contribution in [0.1, 0.15) is 45.1 Å². The first-order valence-corrected chi connectivity index (χ1v) is 9.68. The summed E-state index contributed by atoms with van der Waals surface area (Å²) in [5.74, 6) is 0.00617. The van der Waals surface area contributed by atoms with Gasteiger partial charge in [-0.15, -0.1) is 11.3 Å². The van der Waals surface area contributed by atoms with Crippen LogP contribution in [0.5, 0.6) is 0 Å². The molecule has 0 unspecified atom stereocenters. The SMILES string of the molecule is CCn1c(-c2nc(C(=O)N(C(C)C)C(C)C)cs2)cc2ccccc21. The van der Waals surface area contributed by atoms with Crippen molar-refractivity contribution in [2.24, 2.45) is 0 Å². The van der Waals surface area contributed by atoms with Gasteiger partial charge in [0.15, 0.2) is 0 Å². The third kappa shape index (κ3) is 3.21. The summed E-state index contributed by atoms with van der Waals surface area (Å²) < 4.78 is 2.26. The molecule has 0 fully saturated rings. The van der Waals surface area contributed by atoms with Crippen LogP contribution in [-0.4, -0.2) is 32.4 Å². The van der Waals surface area contributed by atoms with E-state index < -0.39 is 0 Å². The zero-order valence-electron chi connectivity index (χ0n) is 15.5. The van der Waals surface area contributed by atoms with Crippen molar-refractivity contribution >= 4 is 28.1 Å². The van der Waals surface area contributed by atoms with E-state index in [1.807, 2.05) is 44.0 Å². The molecule has 0 saturated heterocycles. The van der Waals surface area contributed by atoms with Crippen LogP contribution in [0.15, 0.2) is 35.7 Å². The average Bonchev–Trinajstić information content (AvgIpc) is 3.18. The number of para-hydroxylation sites is 1. The molecule has 0 N–H and O–H groups in total. The van der Waals surface area contributed by atoms with Crippen molar-refractivity contribution in [1.82, 2.24) is 14.5 Å². The maximum Gasteiger partial charge on any atom is 0.273 e. The number of fused-ring (bicyclic) bond motifs is 1. The molecule has 0 aliphatic carbocycles. The Morgan fingerprint density at radius 3 is 2.52 bits per heavy atom. The van der Waals surface area contributed by atoms with E-state index in [1.54, 1.807) is 0 Å². The molecular weight excluding hydrogens is 330 g/mol. The summed E-state index contributed by atoms with van der Waals surface area (Å²) in [4.78, 5) is 19.4. The Balaban J connectivity index is 2.01. The molecule has 0 aliphatic heterocycles. The number of rotatable bonds is 5. The van der Waals surface area contributed by atoms with E-state index in [9.17, 15) is 4.79 Å². The molecule has 0 radical (unpaired) electrons. The fraction of sp³-hybridized carbons (Fsp3) is 0.400. The Morgan fingerprint density at radius 2 is 1.88 bits per heavy atom. The highest BCUT2D eigenvalue weighted by molar-refractivity contribution is 7.13. The molecular formula is C20H25N3OS. The summed E-state index contributed by atoms with van der Waals surface area (Å²) in [5, 5.41) is 3.98. The molecule has 0 atom stereocenters. The summed E-state index contributed by atoms with van der Waals surface area (Å²) in [6, 6.07) is 10.8. The van der Waals surface area contributed by atoms with Crippen molar-refractivity contribution in [3.8, 4) is 10.7 Å². The lowest BCUT2D eigenvalue weighted by Crippen LogP contribution is -2.42. The number of benzene rings is 1. The summed E-state index contributed by atoms with van der Waals surface area (Å²) >= 11 is 1.54. The number of hydrogen-bond donors (Lipinski definition) is 0. The number of aryl methyl sites for hydroxylation is 1. The predicted octanol–water partition coefficient (Wildman–Crippen LogP) is 5.04. The van der Waals surface area contributed by atoms with Crippen LogP contribution < -0.4 is 0 Å². The molecule has 3 aromatic rings. The highest BCUT2D eigenvalue weighted by atomic mass is 32.1. The Morgan fingerprint density at radius 1 is 1.20 bits per heavy atom. The van der Waals surface area contributed by atoms with E-state index in [0.717, 1.165) is 17.2 Å². The Hall–Kier alpha value is -2.14. The second kappa shape index (κ2) is 7.00. The lowest BCUT2D eigenvalue weighted by molar-refractivity contribution is 0.0638. The number of thiazole rings is 1. The topological polar surface area (TPSA) is 38.1 Å². The first-order valence-electron chi connectivity index (χ1n) is 8.80. The van der Waals surface area contributed by atoms with Crippen LogP contribution in [0.25, 0.3) is 21.6 Å². The van der Waals surface area contributed by atoms with Gasteiger partial charge >= 0.3 is 0 Å². The summed E-state index contributed by atoms with van der Waals surface area (Å²) in [5.41, 5.74) is 2.82. The van der Waals surface area contributed by atoms with Crippen LogP contribution in [0.3, 0.4) is 0 Å². The Bertz CT molecular complexity index is 883. The quantitative estimate of drug-likeness (QED) is 0.643. The number of hydrogen-bond acceptors (Lipinski definition) is 3. The van der Waals surface area contributed by atoms with Crippen molar-refractivity contribution in [3.05, 3.63) is 41.4 Å². The molecule has 2 aromatic heterocycles. The maximum absolute atomic E-state index is 12.9. The van der Waals surface area contributed by atoms with Crippen LogP contribution in [-0.2, 0) is 6.54 Å². The number of aromatic nitrogens is 2. The average molecular weight is 356 g/mol. The number of carbonyl (C=O) groups is 1. The highest BCUT2D eigenvalue weighted by Crippen LogP contribution is 2.31. The van der Waals surface area contributed by atoms with Crippen LogP contribution in [0.4, 0.5) is 0 Å². The standard InChI is InChI=1S/C20H25N3OS/c1-6-22-17-10-8-7-9-15(17)11-18(22)19-21-16(12-25-19)20(24)23(13(2)3)14(4)5/h7-14H,6H2,1-5H3. The fourth-order valence-corrected chi connectivity index (χ4v) is 4.23. The van der Waals surface area contributed by atoms with E-state index in [0.29, 0.717) is 5.69 Å². The minimum Gasteiger partial charge on any atom is -0.339 e. The van der Waals surface area contributed by atoms with E-state index in [-0.39, 0.29) is 18.0 Å². The van der Waals surface area contributed by atoms with E-state index in [2.05, 4.69) is 40.7 Å². The fourth-order valence-electron chi connectivity index (χ4n) is 3.42. The smallest absolute Gasteiger partial charge is 0.273 e. The number of carbonyl (C=O) groups excluding carboxylic acids is 1. The molecule has 0 bridgehead atoms. The molecule has 4 nitrogen and oxygen atoms in total. The highest BCUT2D eigenvalue weighted by Gasteiger charge is 2.24. The van der Waals surface area contributed by atoms with Crippen LogP contribution >= 0.6 is 11.3 Å². The summed E-state index contributed by atoms with van der Waals surface area (Å²) in [6.07, 6.45) is 0. The monoisotopic (exact) mass is 355 g/mol. The van der Waals surface area contributed by atoms with Gasteiger partial charge in [-0.2, -0.15) is 0 Å². The maximum atomic E-state index is 12.9. The number of amides is 1. The third-order valence-corrected chi connectivity index (χ3v) is 5.28. The third-order valence-electron chi connectivity index (χ3n) is 4.42. The van der Waals surface area contributed by atoms with Crippen molar-refractivity contribution in [2.45, 2.75) is 53.2 Å². The minimum absolute atomic E-state index is 0.00617. The molecule has 2 heterocycles. The van der Waals surface area contributed by atoms with Crippen molar-refractivity contribution < 1.29 is 4.79 Å². The Kier molecular flexibility index (Phi) is 4.95. The number of nitrogens with zero attached hydrogens (tertiary/aromatic N) is 3. The molecule has 0 aliphatic rings. The first-order chi connectivity index (χ1) is 11.9. The van der Waals surface area contributed by atoms with Gasteiger partial charge in [0.05, 0.1) is 5.69 Å². The first kappa shape index (κ1) is 17.7. The van der Waals surface area contributed by atoms with Crippen LogP contribution in [0.2, 0.25) is 0 Å². The zero-order chi connectivity index (χ0) is 18.1. The summed E-state index contributed by atoms with van der Waals surface area (Å²) in [7, 11) is 0. The molecule has 132 valence electrons. The molecule has 0 saturated carbocycles. The van der Waals surface area contributed by atoms with Gasteiger partial charge in [-0.1, -0.05) is 18.2 Å². The normalized spacial score (nSPS) is 11.6. The van der Waals surface area contributed by atoms with Crippen LogP contribution in [0, 0.1) is 0 Å². The summed E-state index contributed by atoms with van der Waals surface area (Å²) in [6.45, 7) is 11.2. The van der Waals surface area contributed by atoms with Crippen molar-refractivity contribution in [1.29, 1.82) is 0 Å². The van der Waals surface area contributed by atoms with E-state index >= 15 is 0 Å². The molecule has 1 amide bonds. The lowest BCUT2D eigenvalue weighted by Gasteiger charge is -2.30. The van der Waals surface area contributed by atoms with Crippen molar-refractivity contribution in [3.63, 3.8) is 0 Å². The molecule has 1 aromatic carbocycles. The molecule has 5 heteroatoms. The van der Waals surface area contributed by atoms with Gasteiger partial charge < -0.3 is 9.47 Å². The second-order valence-electron chi connectivity index (χ2n) is 6.77. The Labute approximate surface area is 153 Å². The molecule has 25 heavy (non-hydrogen) atoms. The lowest BCUT2D eigenvalue weighted by atomic mass is 10.2. The van der Waals surface area contributed by atoms with Gasteiger partial charge in [-0.3, -0.25) is 4.79 Å². The largest absolute Gasteiger partial charge is 0.339 e. The molecule has 3 rings (SSSR count). The van der Waals surface area contributed by atoms with E-state index in [4.69, 9.17) is 0 Å². The van der Waals surface area contributed by atoms with Gasteiger partial charge in [-0.05, 0) is 46.8 Å². The molecule has 0 spiro atoms. The zero-order valence-corrected chi connectivity index (χ0v) is 16.3. The van der Waals surface area contributed by atoms with Gasteiger partial charge in [0.25, 0.3) is 5.91 Å². The van der Waals surface area contributed by atoms with Gasteiger partial charge in [0, 0.05) is 34.9 Å². The minimum atomic E-state index is 0.00617. The van der Waals surface area contributed by atoms with Gasteiger partial charge in [-0.25, -0.2) is 4.98 Å². The van der Waals surface area contributed by atoms with Gasteiger partial charge in [0.1, 0.15) is 10.7 Å². The second-order valence-corrected chi connectivity index (χ2v) is 7.63. The predicted molar refractivity (Wildman–Crippen MR) is 105 cm³/mol. The van der Waals surface area contributed by atoms with Crippen molar-refractivity contribution in [2.75, 3.05) is 0 Å². The van der Waals surface area contributed by atoms with E-state index in [1.165, 1.54) is 22.2 Å².